The molecule has 120 valence electrons. The van der Waals surface area contributed by atoms with Crippen LogP contribution in [0.25, 0.3) is 0 Å². The molecular formula is C17H17ClN2O3. The van der Waals surface area contributed by atoms with Crippen LogP contribution in [0.4, 0.5) is 5.69 Å². The van der Waals surface area contributed by atoms with Crippen LogP contribution in [-0.4, -0.2) is 29.2 Å². The first-order chi connectivity index (χ1) is 11.0. The number of carbonyl (C=O) groups excluding carboxylic acids is 3. The Morgan fingerprint density at radius 1 is 1.22 bits per heavy atom. The number of anilines is 1. The molecule has 0 unspecified atom stereocenters. The van der Waals surface area contributed by atoms with Gasteiger partial charge in [-0.2, -0.15) is 0 Å². The maximum absolute atomic E-state index is 12.3. The molecular weight excluding hydrogens is 316 g/mol. The molecule has 1 heterocycles. The summed E-state index contributed by atoms with van der Waals surface area (Å²) >= 11 is 6.02. The normalized spacial score (nSPS) is 23.1. The standard InChI is InChI=1S/C17H17ClN2O3/c1-10-13(18)7-4-8-14(10)19-15(21)9-20-16(22)11-5-2-3-6-12(11)17(20)23/h2-4,7-8,11-12H,5-6,9H2,1H3,(H,19,21)/t11-,12+. The van der Waals surface area contributed by atoms with Gasteiger partial charge in [-0.25, -0.2) is 0 Å². The van der Waals surface area contributed by atoms with Crippen LogP contribution >= 0.6 is 11.6 Å². The van der Waals surface area contributed by atoms with Gasteiger partial charge in [-0.15, -0.1) is 0 Å². The van der Waals surface area contributed by atoms with Gasteiger partial charge in [0.2, 0.25) is 17.7 Å². The smallest absolute Gasteiger partial charge is 0.244 e. The Bertz CT molecular complexity index is 688. The zero-order chi connectivity index (χ0) is 16.6. The van der Waals surface area contributed by atoms with Crippen molar-refractivity contribution in [3.63, 3.8) is 0 Å². The molecule has 1 aromatic carbocycles. The number of benzene rings is 1. The van der Waals surface area contributed by atoms with E-state index in [2.05, 4.69) is 5.32 Å². The van der Waals surface area contributed by atoms with Gasteiger partial charge >= 0.3 is 0 Å². The fourth-order valence-corrected chi connectivity index (χ4v) is 3.28. The number of amides is 3. The van der Waals surface area contributed by atoms with Crippen LogP contribution < -0.4 is 5.32 Å². The molecule has 1 N–H and O–H groups in total. The minimum Gasteiger partial charge on any atom is -0.324 e. The Kier molecular flexibility index (Phi) is 4.22. The summed E-state index contributed by atoms with van der Waals surface area (Å²) in [5.74, 6) is -1.52. The van der Waals surface area contributed by atoms with E-state index in [4.69, 9.17) is 11.6 Å². The van der Waals surface area contributed by atoms with E-state index in [0.717, 1.165) is 10.5 Å². The van der Waals surface area contributed by atoms with E-state index in [1.165, 1.54) is 0 Å². The molecule has 6 heteroatoms. The number of nitrogens with zero attached hydrogens (tertiary/aromatic N) is 1. The lowest BCUT2D eigenvalue weighted by atomic mass is 9.85. The van der Waals surface area contributed by atoms with Gasteiger partial charge in [0.25, 0.3) is 0 Å². The summed E-state index contributed by atoms with van der Waals surface area (Å²) in [4.78, 5) is 38.0. The van der Waals surface area contributed by atoms with Crippen molar-refractivity contribution in [3.05, 3.63) is 40.9 Å². The second kappa shape index (κ2) is 6.16. The summed E-state index contributed by atoms with van der Waals surface area (Å²) in [5.41, 5.74) is 1.33. The highest BCUT2D eigenvalue weighted by Crippen LogP contribution is 2.34. The molecule has 1 aliphatic heterocycles. The average molecular weight is 333 g/mol. The Labute approximate surface area is 139 Å². The number of hydrogen-bond donors (Lipinski definition) is 1. The lowest BCUT2D eigenvalue weighted by molar-refractivity contribution is -0.142. The molecule has 1 aliphatic carbocycles. The molecule has 2 aliphatic rings. The number of nitrogens with one attached hydrogen (secondary N) is 1. The van der Waals surface area contributed by atoms with Crippen LogP contribution in [0.5, 0.6) is 0 Å². The number of likely N-dealkylation sites (tertiary alicyclic amines) is 1. The van der Waals surface area contributed by atoms with Crippen molar-refractivity contribution in [1.82, 2.24) is 4.90 Å². The van der Waals surface area contributed by atoms with Gasteiger partial charge in [-0.1, -0.05) is 29.8 Å². The van der Waals surface area contributed by atoms with Crippen molar-refractivity contribution in [1.29, 1.82) is 0 Å². The van der Waals surface area contributed by atoms with Gasteiger partial charge in [0.05, 0.1) is 11.8 Å². The van der Waals surface area contributed by atoms with Crippen molar-refractivity contribution in [3.8, 4) is 0 Å². The molecule has 0 radical (unpaired) electrons. The summed E-state index contributed by atoms with van der Waals surface area (Å²) < 4.78 is 0. The highest BCUT2D eigenvalue weighted by atomic mass is 35.5. The average Bonchev–Trinajstić information content (AvgIpc) is 2.77. The molecule has 1 saturated heterocycles. The van der Waals surface area contributed by atoms with Crippen molar-refractivity contribution in [2.75, 3.05) is 11.9 Å². The summed E-state index contributed by atoms with van der Waals surface area (Å²) in [6.45, 7) is 1.54. The first-order valence-corrected chi connectivity index (χ1v) is 7.92. The Hall–Kier alpha value is -2.14. The Morgan fingerprint density at radius 2 is 1.83 bits per heavy atom. The Balaban J connectivity index is 1.70. The van der Waals surface area contributed by atoms with E-state index in [1.807, 2.05) is 12.2 Å². The third kappa shape index (κ3) is 2.88. The third-order valence-corrected chi connectivity index (χ3v) is 4.85. The number of hydrogen-bond acceptors (Lipinski definition) is 3. The monoisotopic (exact) mass is 332 g/mol. The van der Waals surface area contributed by atoms with Crippen LogP contribution in [-0.2, 0) is 14.4 Å². The zero-order valence-electron chi connectivity index (χ0n) is 12.7. The highest BCUT2D eigenvalue weighted by molar-refractivity contribution is 6.31. The van der Waals surface area contributed by atoms with E-state index >= 15 is 0 Å². The molecule has 23 heavy (non-hydrogen) atoms. The molecule has 3 amide bonds. The molecule has 3 rings (SSSR count). The molecule has 0 saturated carbocycles. The second-order valence-electron chi connectivity index (χ2n) is 5.88. The number of allylic oxidation sites excluding steroid dienone is 2. The Morgan fingerprint density at radius 3 is 2.43 bits per heavy atom. The quantitative estimate of drug-likeness (QED) is 0.683. The highest BCUT2D eigenvalue weighted by Gasteiger charge is 2.47. The minimum absolute atomic E-state index is 0.248. The number of imide groups is 1. The second-order valence-corrected chi connectivity index (χ2v) is 6.29. The number of carbonyl (C=O) groups is 3. The topological polar surface area (TPSA) is 66.5 Å². The summed E-state index contributed by atoms with van der Waals surface area (Å²) in [7, 11) is 0. The molecule has 2 atom stereocenters. The van der Waals surface area contributed by atoms with Crippen molar-refractivity contribution in [2.45, 2.75) is 19.8 Å². The molecule has 5 nitrogen and oxygen atoms in total. The predicted octanol–water partition coefficient (Wildman–Crippen LogP) is 2.54. The first-order valence-electron chi connectivity index (χ1n) is 7.54. The van der Waals surface area contributed by atoms with Gasteiger partial charge in [-0.3, -0.25) is 19.3 Å². The summed E-state index contributed by atoms with van der Waals surface area (Å²) in [6, 6.07) is 5.20. The summed E-state index contributed by atoms with van der Waals surface area (Å²) in [6.07, 6.45) is 4.98. The van der Waals surface area contributed by atoms with Crippen LogP contribution in [0.15, 0.2) is 30.4 Å². The largest absolute Gasteiger partial charge is 0.324 e. The maximum atomic E-state index is 12.3. The number of fused-ring (bicyclic) bond motifs is 1. The number of halogens is 1. The van der Waals surface area contributed by atoms with Crippen LogP contribution in [0.3, 0.4) is 0 Å². The van der Waals surface area contributed by atoms with E-state index in [1.54, 1.807) is 25.1 Å². The van der Waals surface area contributed by atoms with E-state index in [-0.39, 0.29) is 30.2 Å². The SMILES string of the molecule is Cc1c(Cl)cccc1NC(=O)CN1C(=O)[C@H]2CC=CC[C@H]2C1=O. The van der Waals surface area contributed by atoms with Gasteiger partial charge < -0.3 is 5.32 Å². The predicted molar refractivity (Wildman–Crippen MR) is 86.9 cm³/mol. The number of rotatable bonds is 3. The van der Waals surface area contributed by atoms with Gasteiger partial charge in [0, 0.05) is 10.7 Å². The third-order valence-electron chi connectivity index (χ3n) is 4.44. The van der Waals surface area contributed by atoms with E-state index < -0.39 is 5.91 Å². The van der Waals surface area contributed by atoms with E-state index in [9.17, 15) is 14.4 Å². The van der Waals surface area contributed by atoms with Crippen molar-refractivity contribution in [2.24, 2.45) is 11.8 Å². The van der Waals surface area contributed by atoms with Crippen LogP contribution in [0, 0.1) is 18.8 Å². The van der Waals surface area contributed by atoms with Gasteiger partial charge in [-0.05, 0) is 37.5 Å². The maximum Gasteiger partial charge on any atom is 0.244 e. The fourth-order valence-electron chi connectivity index (χ4n) is 3.10. The molecule has 1 aromatic rings. The first kappa shape index (κ1) is 15.7. The van der Waals surface area contributed by atoms with E-state index in [0.29, 0.717) is 23.6 Å². The molecule has 0 bridgehead atoms. The molecule has 0 spiro atoms. The minimum atomic E-state index is -0.399. The fraction of sp³-hybridized carbons (Fsp3) is 0.353. The molecule has 1 fully saturated rings. The van der Waals surface area contributed by atoms with Crippen LogP contribution in [0.1, 0.15) is 18.4 Å². The lowest BCUT2D eigenvalue weighted by Crippen LogP contribution is -2.38. The van der Waals surface area contributed by atoms with Crippen molar-refractivity contribution >= 4 is 35.0 Å². The lowest BCUT2D eigenvalue weighted by Gasteiger charge is -2.15. The summed E-state index contributed by atoms with van der Waals surface area (Å²) in [5, 5.41) is 3.26. The van der Waals surface area contributed by atoms with Gasteiger partial charge in [0.15, 0.2) is 0 Å². The van der Waals surface area contributed by atoms with Gasteiger partial charge in [0.1, 0.15) is 6.54 Å². The van der Waals surface area contributed by atoms with Crippen molar-refractivity contribution < 1.29 is 14.4 Å². The molecule has 0 aromatic heterocycles. The zero-order valence-corrected chi connectivity index (χ0v) is 13.5. The van der Waals surface area contributed by atoms with Crippen LogP contribution in [0.2, 0.25) is 5.02 Å².